The molecule has 2 aromatic rings. The molecular weight excluding hydrogens is 232 g/mol. The number of methoxy groups -OCH3 is 1. The van der Waals surface area contributed by atoms with Gasteiger partial charge >= 0.3 is 0 Å². The first-order valence-corrected chi connectivity index (χ1v) is 6.55. The monoisotopic (exact) mass is 252 g/mol. The summed E-state index contributed by atoms with van der Waals surface area (Å²) in [5.74, 6) is 1.18. The molecule has 0 aliphatic heterocycles. The van der Waals surface area contributed by atoms with Crippen molar-refractivity contribution in [3.05, 3.63) is 77.4 Å². The predicted molar refractivity (Wildman–Crippen MR) is 80.7 cm³/mol. The highest BCUT2D eigenvalue weighted by Gasteiger charge is 2.15. The molecule has 19 heavy (non-hydrogen) atoms. The zero-order valence-corrected chi connectivity index (χ0v) is 11.8. The molecule has 1 nitrogen and oxygen atoms in total. The van der Waals surface area contributed by atoms with Gasteiger partial charge in [0.2, 0.25) is 0 Å². The second kappa shape index (κ2) is 6.24. The maximum atomic E-state index is 5.50. The topological polar surface area (TPSA) is 9.23 Å². The quantitative estimate of drug-likeness (QED) is 0.711. The van der Waals surface area contributed by atoms with Crippen LogP contribution in [-0.2, 0) is 0 Å². The van der Waals surface area contributed by atoms with E-state index in [0.717, 1.165) is 5.75 Å². The van der Waals surface area contributed by atoms with Crippen LogP contribution in [0, 0.1) is 0 Å². The Morgan fingerprint density at radius 3 is 2.21 bits per heavy atom. The lowest BCUT2D eigenvalue weighted by molar-refractivity contribution is 0.409. The van der Waals surface area contributed by atoms with Crippen molar-refractivity contribution >= 4 is 0 Å². The molecule has 98 valence electrons. The largest absolute Gasteiger partial charge is 0.496 e. The smallest absolute Gasteiger partial charge is 0.122 e. The molecule has 0 saturated carbocycles. The summed E-state index contributed by atoms with van der Waals surface area (Å²) in [6.45, 7) is 4.26. The average Bonchev–Trinajstić information content (AvgIpc) is 2.45. The molecule has 0 fully saturated rings. The highest BCUT2D eigenvalue weighted by Crippen LogP contribution is 2.33. The molecule has 2 aromatic carbocycles. The van der Waals surface area contributed by atoms with Crippen molar-refractivity contribution in [1.29, 1.82) is 0 Å². The Hall–Kier alpha value is -2.02. The van der Waals surface area contributed by atoms with Crippen LogP contribution in [0.1, 0.15) is 30.9 Å². The number of para-hydroxylation sites is 1. The molecule has 0 spiro atoms. The Kier molecular flexibility index (Phi) is 4.40. The summed E-state index contributed by atoms with van der Waals surface area (Å²) in [6, 6.07) is 18.8. The van der Waals surface area contributed by atoms with Crippen molar-refractivity contribution in [2.75, 3.05) is 7.11 Å². The average molecular weight is 252 g/mol. The van der Waals surface area contributed by atoms with Gasteiger partial charge in [-0.25, -0.2) is 0 Å². The predicted octanol–water partition coefficient (Wildman–Crippen LogP) is 4.79. The maximum Gasteiger partial charge on any atom is 0.122 e. The second-order valence-corrected chi connectivity index (χ2v) is 4.87. The van der Waals surface area contributed by atoms with E-state index in [4.69, 9.17) is 4.74 Å². The van der Waals surface area contributed by atoms with Gasteiger partial charge in [-0.1, -0.05) is 60.2 Å². The van der Waals surface area contributed by atoms with Gasteiger partial charge in [-0.3, -0.25) is 0 Å². The molecule has 1 heteroatoms. The van der Waals surface area contributed by atoms with E-state index < -0.39 is 0 Å². The van der Waals surface area contributed by atoms with E-state index in [2.05, 4.69) is 56.3 Å². The van der Waals surface area contributed by atoms with Crippen molar-refractivity contribution in [3.63, 3.8) is 0 Å². The molecular formula is C18H20O. The lowest BCUT2D eigenvalue weighted by Gasteiger charge is -2.18. The Balaban J connectivity index is 2.53. The molecule has 0 aliphatic carbocycles. The van der Waals surface area contributed by atoms with Crippen molar-refractivity contribution in [1.82, 2.24) is 0 Å². The number of allylic oxidation sites excluding steroid dienone is 2. The third-order valence-corrected chi connectivity index (χ3v) is 3.13. The summed E-state index contributed by atoms with van der Waals surface area (Å²) in [4.78, 5) is 0. The Bertz CT molecular complexity index is 551. The molecule has 0 radical (unpaired) electrons. The molecule has 1 unspecified atom stereocenters. The van der Waals surface area contributed by atoms with E-state index in [-0.39, 0.29) is 5.92 Å². The minimum atomic E-state index is 0.238. The van der Waals surface area contributed by atoms with Crippen LogP contribution in [0.3, 0.4) is 0 Å². The number of benzene rings is 2. The van der Waals surface area contributed by atoms with Crippen LogP contribution < -0.4 is 4.74 Å². The van der Waals surface area contributed by atoms with E-state index in [0.29, 0.717) is 0 Å². The molecule has 0 saturated heterocycles. The van der Waals surface area contributed by atoms with Crippen LogP contribution in [0.5, 0.6) is 5.75 Å². The summed E-state index contributed by atoms with van der Waals surface area (Å²) in [6.07, 6.45) is 2.28. The SMILES string of the molecule is COc1ccccc1C(C=C(C)C)c1ccccc1. The molecule has 0 bridgehead atoms. The molecule has 0 N–H and O–H groups in total. The Morgan fingerprint density at radius 1 is 0.947 bits per heavy atom. The molecule has 0 amide bonds. The zero-order chi connectivity index (χ0) is 13.7. The van der Waals surface area contributed by atoms with Gasteiger partial charge in [0, 0.05) is 11.5 Å². The van der Waals surface area contributed by atoms with Crippen LogP contribution in [0.2, 0.25) is 0 Å². The van der Waals surface area contributed by atoms with Crippen LogP contribution >= 0.6 is 0 Å². The van der Waals surface area contributed by atoms with Gasteiger partial charge in [0.05, 0.1) is 7.11 Å². The first-order valence-electron chi connectivity index (χ1n) is 6.55. The fourth-order valence-electron chi connectivity index (χ4n) is 2.28. The summed E-state index contributed by atoms with van der Waals surface area (Å²) >= 11 is 0. The fraction of sp³-hybridized carbons (Fsp3) is 0.222. The Labute approximate surface area is 115 Å². The number of hydrogen-bond donors (Lipinski definition) is 0. The molecule has 0 aromatic heterocycles. The van der Waals surface area contributed by atoms with Gasteiger partial charge in [0.1, 0.15) is 5.75 Å². The van der Waals surface area contributed by atoms with E-state index in [1.165, 1.54) is 16.7 Å². The third kappa shape index (κ3) is 3.25. The summed E-state index contributed by atoms with van der Waals surface area (Å²) in [7, 11) is 1.73. The Morgan fingerprint density at radius 2 is 1.58 bits per heavy atom. The molecule has 1 atom stereocenters. The van der Waals surface area contributed by atoms with E-state index in [9.17, 15) is 0 Å². The van der Waals surface area contributed by atoms with Crippen LogP contribution in [0.4, 0.5) is 0 Å². The molecule has 0 heterocycles. The number of ether oxygens (including phenoxy) is 1. The lowest BCUT2D eigenvalue weighted by Crippen LogP contribution is -2.01. The van der Waals surface area contributed by atoms with Gasteiger partial charge in [-0.15, -0.1) is 0 Å². The first-order chi connectivity index (χ1) is 9.22. The third-order valence-electron chi connectivity index (χ3n) is 3.13. The summed E-state index contributed by atoms with van der Waals surface area (Å²) in [5, 5.41) is 0. The second-order valence-electron chi connectivity index (χ2n) is 4.87. The van der Waals surface area contributed by atoms with Gasteiger partial charge in [-0.05, 0) is 25.5 Å². The number of rotatable bonds is 4. The molecule has 2 rings (SSSR count). The summed E-state index contributed by atoms with van der Waals surface area (Å²) in [5.41, 5.74) is 3.80. The van der Waals surface area contributed by atoms with Gasteiger partial charge in [0.25, 0.3) is 0 Å². The van der Waals surface area contributed by atoms with Crippen molar-refractivity contribution in [2.45, 2.75) is 19.8 Å². The molecule has 0 aliphatic rings. The lowest BCUT2D eigenvalue weighted by atomic mass is 9.89. The number of hydrogen-bond acceptors (Lipinski definition) is 1. The van der Waals surface area contributed by atoms with E-state index in [1.807, 2.05) is 18.2 Å². The van der Waals surface area contributed by atoms with Crippen molar-refractivity contribution in [3.8, 4) is 5.75 Å². The van der Waals surface area contributed by atoms with Gasteiger partial charge in [0.15, 0.2) is 0 Å². The fourth-order valence-corrected chi connectivity index (χ4v) is 2.28. The van der Waals surface area contributed by atoms with Crippen LogP contribution in [0.25, 0.3) is 0 Å². The first kappa shape index (κ1) is 13.4. The van der Waals surface area contributed by atoms with Crippen LogP contribution in [0.15, 0.2) is 66.2 Å². The van der Waals surface area contributed by atoms with Gasteiger partial charge in [-0.2, -0.15) is 0 Å². The maximum absolute atomic E-state index is 5.50. The van der Waals surface area contributed by atoms with Crippen molar-refractivity contribution < 1.29 is 4.74 Å². The minimum absolute atomic E-state index is 0.238. The van der Waals surface area contributed by atoms with E-state index >= 15 is 0 Å². The minimum Gasteiger partial charge on any atom is -0.496 e. The van der Waals surface area contributed by atoms with Gasteiger partial charge < -0.3 is 4.74 Å². The highest BCUT2D eigenvalue weighted by atomic mass is 16.5. The van der Waals surface area contributed by atoms with E-state index in [1.54, 1.807) is 7.11 Å². The van der Waals surface area contributed by atoms with Crippen LogP contribution in [-0.4, -0.2) is 7.11 Å². The standard InChI is InChI=1S/C18H20O/c1-14(2)13-17(15-9-5-4-6-10-15)16-11-7-8-12-18(16)19-3/h4-13,17H,1-3H3. The normalized spacial score (nSPS) is 11.7. The highest BCUT2D eigenvalue weighted by molar-refractivity contribution is 5.45. The zero-order valence-electron chi connectivity index (χ0n) is 11.8. The summed E-state index contributed by atoms with van der Waals surface area (Å²) < 4.78 is 5.50. The van der Waals surface area contributed by atoms with Crippen molar-refractivity contribution in [2.24, 2.45) is 0 Å².